The van der Waals surface area contributed by atoms with Crippen LogP contribution < -0.4 is 0 Å². The first-order chi connectivity index (χ1) is 10.7. The number of H-pyrrole nitrogens is 1. The van der Waals surface area contributed by atoms with E-state index in [4.69, 9.17) is 16.9 Å². The van der Waals surface area contributed by atoms with Crippen molar-refractivity contribution >= 4 is 11.6 Å². The number of piperidine rings is 1. The zero-order chi connectivity index (χ0) is 15.5. The Bertz CT molecular complexity index is 685. The predicted octanol–water partition coefficient (Wildman–Crippen LogP) is 3.45. The van der Waals surface area contributed by atoms with E-state index >= 15 is 0 Å². The van der Waals surface area contributed by atoms with E-state index in [9.17, 15) is 4.39 Å². The highest BCUT2D eigenvalue weighted by Crippen LogP contribution is 2.29. The largest absolute Gasteiger partial charge is 0.299 e. The van der Waals surface area contributed by atoms with Gasteiger partial charge in [0, 0.05) is 24.4 Å². The summed E-state index contributed by atoms with van der Waals surface area (Å²) >= 11 is 6.14. The molecule has 0 spiro atoms. The maximum absolute atomic E-state index is 13.5. The number of hydrogen-bond donors (Lipinski definition) is 1. The van der Waals surface area contributed by atoms with Gasteiger partial charge in [-0.15, -0.1) is 0 Å². The van der Waals surface area contributed by atoms with Gasteiger partial charge in [-0.3, -0.25) is 10.00 Å². The Hall–Kier alpha value is -1.90. The number of nitrogens with zero attached hydrogens (tertiary/aromatic N) is 3. The number of hydrogen-bond acceptors (Lipinski definition) is 3. The number of rotatable bonds is 3. The molecule has 3 rings (SSSR count). The minimum atomic E-state index is -0.561. The van der Waals surface area contributed by atoms with Gasteiger partial charge < -0.3 is 0 Å². The molecule has 0 unspecified atom stereocenters. The van der Waals surface area contributed by atoms with Crippen molar-refractivity contribution in [1.29, 1.82) is 5.26 Å². The molecule has 2 aromatic rings. The molecule has 1 fully saturated rings. The van der Waals surface area contributed by atoms with Crippen LogP contribution >= 0.6 is 11.6 Å². The normalized spacial score (nSPS) is 16.6. The first kappa shape index (κ1) is 15.0. The zero-order valence-corrected chi connectivity index (χ0v) is 12.8. The number of nitriles is 1. The van der Waals surface area contributed by atoms with Crippen LogP contribution in [0.3, 0.4) is 0 Å². The van der Waals surface area contributed by atoms with Crippen LogP contribution in [-0.4, -0.2) is 28.2 Å². The summed E-state index contributed by atoms with van der Waals surface area (Å²) in [5.74, 6) is -0.0497. The van der Waals surface area contributed by atoms with Crippen molar-refractivity contribution in [1.82, 2.24) is 15.1 Å². The van der Waals surface area contributed by atoms with Crippen LogP contribution in [0.5, 0.6) is 0 Å². The smallest absolute Gasteiger partial charge is 0.142 e. The molecular formula is C16H16ClFN4. The molecule has 1 aromatic heterocycles. The molecule has 0 amide bonds. The molecule has 2 heterocycles. The second kappa shape index (κ2) is 6.47. The summed E-state index contributed by atoms with van der Waals surface area (Å²) < 4.78 is 13.5. The SMILES string of the molecule is N#Cc1c(F)ccc(CN2CCC(c3ccn[nH]3)CC2)c1Cl. The molecule has 1 aliphatic heterocycles. The van der Waals surface area contributed by atoms with Gasteiger partial charge in [0.15, 0.2) is 0 Å². The molecule has 1 aliphatic rings. The number of aromatic amines is 1. The first-order valence-electron chi connectivity index (χ1n) is 7.27. The molecule has 0 saturated carbocycles. The van der Waals surface area contributed by atoms with Crippen molar-refractivity contribution in [2.45, 2.75) is 25.3 Å². The van der Waals surface area contributed by atoms with Crippen molar-refractivity contribution in [3.63, 3.8) is 0 Å². The standard InChI is InChI=1S/C16H16ClFN4/c17-16-12(1-2-14(18)13(16)9-19)10-22-7-4-11(5-8-22)15-3-6-20-21-15/h1-3,6,11H,4-5,7-8,10H2,(H,20,21). The quantitative estimate of drug-likeness (QED) is 0.943. The lowest BCUT2D eigenvalue weighted by molar-refractivity contribution is 0.203. The summed E-state index contributed by atoms with van der Waals surface area (Å²) in [5.41, 5.74) is 1.93. The van der Waals surface area contributed by atoms with Crippen molar-refractivity contribution < 1.29 is 4.39 Å². The summed E-state index contributed by atoms with van der Waals surface area (Å²) in [4.78, 5) is 2.28. The van der Waals surface area contributed by atoms with Gasteiger partial charge in [0.1, 0.15) is 17.4 Å². The van der Waals surface area contributed by atoms with Crippen LogP contribution in [0.4, 0.5) is 4.39 Å². The molecule has 4 nitrogen and oxygen atoms in total. The Morgan fingerprint density at radius 3 is 2.77 bits per heavy atom. The maximum Gasteiger partial charge on any atom is 0.142 e. The van der Waals surface area contributed by atoms with Crippen molar-refractivity contribution in [3.05, 3.63) is 52.1 Å². The van der Waals surface area contributed by atoms with Gasteiger partial charge in [-0.25, -0.2) is 4.39 Å². The molecular weight excluding hydrogens is 303 g/mol. The fourth-order valence-corrected chi connectivity index (χ4v) is 3.21. The van der Waals surface area contributed by atoms with Crippen LogP contribution in [0, 0.1) is 17.1 Å². The topological polar surface area (TPSA) is 55.7 Å². The highest BCUT2D eigenvalue weighted by Gasteiger charge is 2.22. The Balaban J connectivity index is 1.65. The van der Waals surface area contributed by atoms with Gasteiger partial charge >= 0.3 is 0 Å². The van der Waals surface area contributed by atoms with Crippen molar-refractivity contribution in [2.24, 2.45) is 0 Å². The van der Waals surface area contributed by atoms with E-state index in [2.05, 4.69) is 15.1 Å². The van der Waals surface area contributed by atoms with E-state index in [-0.39, 0.29) is 10.6 Å². The van der Waals surface area contributed by atoms with Crippen molar-refractivity contribution in [2.75, 3.05) is 13.1 Å². The van der Waals surface area contributed by atoms with Crippen LogP contribution in [0.15, 0.2) is 24.4 Å². The number of aromatic nitrogens is 2. The number of likely N-dealkylation sites (tertiary alicyclic amines) is 1. The highest BCUT2D eigenvalue weighted by atomic mass is 35.5. The molecule has 1 saturated heterocycles. The minimum absolute atomic E-state index is 0.0634. The van der Waals surface area contributed by atoms with Gasteiger partial charge in [-0.1, -0.05) is 17.7 Å². The molecule has 0 bridgehead atoms. The Kier molecular flexibility index (Phi) is 4.41. The van der Waals surface area contributed by atoms with Crippen LogP contribution in [-0.2, 0) is 6.54 Å². The second-order valence-corrected chi connectivity index (χ2v) is 5.95. The minimum Gasteiger partial charge on any atom is -0.299 e. The molecule has 6 heteroatoms. The molecule has 0 aliphatic carbocycles. The van der Waals surface area contributed by atoms with Crippen LogP contribution in [0.1, 0.15) is 35.6 Å². The molecule has 1 N–H and O–H groups in total. The van der Waals surface area contributed by atoms with E-state index in [0.29, 0.717) is 12.5 Å². The lowest BCUT2D eigenvalue weighted by Crippen LogP contribution is -2.32. The third-order valence-electron chi connectivity index (χ3n) is 4.23. The van der Waals surface area contributed by atoms with E-state index in [1.165, 1.54) is 11.8 Å². The summed E-state index contributed by atoms with van der Waals surface area (Å²) in [6, 6.07) is 6.84. The summed E-state index contributed by atoms with van der Waals surface area (Å²) in [7, 11) is 0. The van der Waals surface area contributed by atoms with E-state index < -0.39 is 5.82 Å². The zero-order valence-electron chi connectivity index (χ0n) is 12.0. The fourth-order valence-electron chi connectivity index (χ4n) is 2.96. The van der Waals surface area contributed by atoms with Gasteiger partial charge in [0.2, 0.25) is 0 Å². The van der Waals surface area contributed by atoms with Gasteiger partial charge in [0.05, 0.1) is 5.02 Å². The molecule has 114 valence electrons. The molecule has 22 heavy (non-hydrogen) atoms. The van der Waals surface area contributed by atoms with Crippen molar-refractivity contribution in [3.8, 4) is 6.07 Å². The number of halogens is 2. The Labute approximate surface area is 133 Å². The Morgan fingerprint density at radius 2 is 2.14 bits per heavy atom. The third kappa shape index (κ3) is 2.99. The van der Waals surface area contributed by atoms with E-state index in [0.717, 1.165) is 31.5 Å². The van der Waals surface area contributed by atoms with Gasteiger partial charge in [-0.2, -0.15) is 10.4 Å². The van der Waals surface area contributed by atoms with Crippen LogP contribution in [0.25, 0.3) is 0 Å². The summed E-state index contributed by atoms with van der Waals surface area (Å²) in [6.07, 6.45) is 3.88. The summed E-state index contributed by atoms with van der Waals surface area (Å²) in [6.45, 7) is 2.53. The van der Waals surface area contributed by atoms with Gasteiger partial charge in [0.25, 0.3) is 0 Å². The summed E-state index contributed by atoms with van der Waals surface area (Å²) in [5, 5.41) is 16.2. The lowest BCUT2D eigenvalue weighted by Gasteiger charge is -2.31. The van der Waals surface area contributed by atoms with Gasteiger partial charge in [-0.05, 0) is 43.6 Å². The molecule has 0 radical (unpaired) electrons. The van der Waals surface area contributed by atoms with E-state index in [1.54, 1.807) is 12.3 Å². The fraction of sp³-hybridized carbons (Fsp3) is 0.375. The third-order valence-corrected chi connectivity index (χ3v) is 4.66. The van der Waals surface area contributed by atoms with E-state index in [1.807, 2.05) is 12.1 Å². The first-order valence-corrected chi connectivity index (χ1v) is 7.65. The van der Waals surface area contributed by atoms with Crippen LogP contribution in [0.2, 0.25) is 5.02 Å². The number of nitrogens with one attached hydrogen (secondary N) is 1. The Morgan fingerprint density at radius 1 is 1.36 bits per heavy atom. The maximum atomic E-state index is 13.5. The molecule has 1 aromatic carbocycles. The highest BCUT2D eigenvalue weighted by molar-refractivity contribution is 6.32. The average Bonchev–Trinajstić information content (AvgIpc) is 3.06. The molecule has 0 atom stereocenters. The predicted molar refractivity (Wildman–Crippen MR) is 82.0 cm³/mol. The second-order valence-electron chi connectivity index (χ2n) is 5.57. The average molecular weight is 319 g/mol. The lowest BCUT2D eigenvalue weighted by atomic mass is 9.93. The number of benzene rings is 1. The monoisotopic (exact) mass is 318 g/mol.